The summed E-state index contributed by atoms with van der Waals surface area (Å²) in [6.07, 6.45) is 1.89. The molecule has 0 aliphatic carbocycles. The Morgan fingerprint density at radius 2 is 1.77 bits per heavy atom. The predicted octanol–water partition coefficient (Wildman–Crippen LogP) is 7.03. The molecule has 0 unspecified atom stereocenters. The Labute approximate surface area is 233 Å². The number of ether oxygens (including phenoxy) is 1. The van der Waals surface area contributed by atoms with Crippen LogP contribution in [0.4, 0.5) is 15.9 Å². The van der Waals surface area contributed by atoms with Gasteiger partial charge in [-0.15, -0.1) is 0 Å². The second-order valence-corrected chi connectivity index (χ2v) is 10.3. The van der Waals surface area contributed by atoms with Gasteiger partial charge in [-0.2, -0.15) is 0 Å². The van der Waals surface area contributed by atoms with Gasteiger partial charge in [0.1, 0.15) is 24.0 Å². The lowest BCUT2D eigenvalue weighted by Crippen LogP contribution is -2.19. The Balaban J connectivity index is 1.43. The third kappa shape index (κ3) is 5.28. The SMILES string of the molecule is Cc1cc2nc(-c3ccc(-c4ccccc4)c(F)c3)nc(Nc3ccc4c(c3)C=NC4)c2cc1OCCN(C)C. The van der Waals surface area contributed by atoms with E-state index < -0.39 is 0 Å². The molecule has 4 aromatic carbocycles. The van der Waals surface area contributed by atoms with E-state index in [1.165, 1.54) is 11.6 Å². The molecular formula is C33H30FN5O. The highest BCUT2D eigenvalue weighted by Crippen LogP contribution is 2.34. The van der Waals surface area contributed by atoms with Gasteiger partial charge in [0.15, 0.2) is 5.82 Å². The molecule has 1 aliphatic rings. The molecule has 0 fully saturated rings. The van der Waals surface area contributed by atoms with Crippen LogP contribution in [0.25, 0.3) is 33.4 Å². The van der Waals surface area contributed by atoms with E-state index in [1.54, 1.807) is 6.07 Å². The van der Waals surface area contributed by atoms with E-state index in [4.69, 9.17) is 14.7 Å². The lowest BCUT2D eigenvalue weighted by Gasteiger charge is -2.16. The summed E-state index contributed by atoms with van der Waals surface area (Å²) in [5.74, 6) is 1.53. The molecule has 0 bridgehead atoms. The summed E-state index contributed by atoms with van der Waals surface area (Å²) in [5, 5.41) is 4.31. The van der Waals surface area contributed by atoms with E-state index >= 15 is 4.39 Å². The summed E-state index contributed by atoms with van der Waals surface area (Å²) < 4.78 is 21.4. The van der Waals surface area contributed by atoms with Crippen LogP contribution in [0, 0.1) is 12.7 Å². The number of rotatable bonds is 8. The van der Waals surface area contributed by atoms with Crippen molar-refractivity contribution < 1.29 is 9.13 Å². The van der Waals surface area contributed by atoms with Crippen LogP contribution in [0.5, 0.6) is 5.75 Å². The molecule has 1 N–H and O–H groups in total. The van der Waals surface area contributed by atoms with Gasteiger partial charge in [-0.3, -0.25) is 4.99 Å². The highest BCUT2D eigenvalue weighted by atomic mass is 19.1. The van der Waals surface area contributed by atoms with Crippen molar-refractivity contribution >= 4 is 28.6 Å². The number of aliphatic imine (C=N–C) groups is 1. The van der Waals surface area contributed by atoms with Crippen molar-refractivity contribution in [2.75, 3.05) is 32.6 Å². The van der Waals surface area contributed by atoms with E-state index in [-0.39, 0.29) is 5.82 Å². The first-order valence-electron chi connectivity index (χ1n) is 13.3. The number of aromatic nitrogens is 2. The van der Waals surface area contributed by atoms with Crippen LogP contribution >= 0.6 is 0 Å². The van der Waals surface area contributed by atoms with E-state index in [2.05, 4.69) is 27.3 Å². The molecule has 6 nitrogen and oxygen atoms in total. The first-order valence-corrected chi connectivity index (χ1v) is 13.3. The lowest BCUT2D eigenvalue weighted by atomic mass is 10.0. The first-order chi connectivity index (χ1) is 19.4. The number of hydrogen-bond acceptors (Lipinski definition) is 6. The fourth-order valence-electron chi connectivity index (χ4n) is 4.80. The van der Waals surface area contributed by atoms with Gasteiger partial charge in [0, 0.05) is 35.0 Å². The minimum Gasteiger partial charge on any atom is -0.492 e. The van der Waals surface area contributed by atoms with Crippen molar-refractivity contribution in [2.45, 2.75) is 13.5 Å². The molecule has 200 valence electrons. The van der Waals surface area contributed by atoms with Gasteiger partial charge in [-0.25, -0.2) is 14.4 Å². The van der Waals surface area contributed by atoms with Crippen molar-refractivity contribution in [3.63, 3.8) is 0 Å². The number of fused-ring (bicyclic) bond motifs is 2. The quantitative estimate of drug-likeness (QED) is 0.233. The van der Waals surface area contributed by atoms with Gasteiger partial charge in [0.25, 0.3) is 0 Å². The molecule has 0 spiro atoms. The third-order valence-electron chi connectivity index (χ3n) is 7.00. The van der Waals surface area contributed by atoms with Crippen LogP contribution in [0.1, 0.15) is 16.7 Å². The average Bonchev–Trinajstić information content (AvgIpc) is 3.42. The summed E-state index contributed by atoms with van der Waals surface area (Å²) in [6, 6.07) is 24.8. The summed E-state index contributed by atoms with van der Waals surface area (Å²) in [5.41, 5.74) is 6.86. The van der Waals surface area contributed by atoms with Crippen LogP contribution < -0.4 is 10.1 Å². The molecule has 1 aliphatic heterocycles. The van der Waals surface area contributed by atoms with Crippen LogP contribution in [0.15, 0.2) is 83.9 Å². The highest BCUT2D eigenvalue weighted by Gasteiger charge is 2.16. The number of nitrogens with one attached hydrogen (secondary N) is 1. The molecule has 1 aromatic heterocycles. The second-order valence-electron chi connectivity index (χ2n) is 10.3. The maximum Gasteiger partial charge on any atom is 0.162 e. The maximum atomic E-state index is 15.3. The monoisotopic (exact) mass is 531 g/mol. The highest BCUT2D eigenvalue weighted by molar-refractivity contribution is 5.94. The zero-order chi connectivity index (χ0) is 27.6. The number of aryl methyl sites for hydroxylation is 1. The maximum absolute atomic E-state index is 15.3. The molecule has 7 heteroatoms. The zero-order valence-corrected chi connectivity index (χ0v) is 22.8. The van der Waals surface area contributed by atoms with Crippen molar-refractivity contribution in [2.24, 2.45) is 4.99 Å². The number of halogens is 1. The van der Waals surface area contributed by atoms with E-state index in [1.807, 2.05) is 81.8 Å². The molecule has 40 heavy (non-hydrogen) atoms. The zero-order valence-electron chi connectivity index (χ0n) is 22.8. The van der Waals surface area contributed by atoms with E-state index in [0.717, 1.165) is 45.6 Å². The summed E-state index contributed by atoms with van der Waals surface area (Å²) >= 11 is 0. The molecular weight excluding hydrogens is 501 g/mol. The van der Waals surface area contributed by atoms with Gasteiger partial charge in [0.2, 0.25) is 0 Å². The fourth-order valence-corrected chi connectivity index (χ4v) is 4.80. The molecule has 5 aromatic rings. The third-order valence-corrected chi connectivity index (χ3v) is 7.00. The van der Waals surface area contributed by atoms with Crippen molar-refractivity contribution in [1.82, 2.24) is 14.9 Å². The minimum atomic E-state index is -0.319. The van der Waals surface area contributed by atoms with Crippen molar-refractivity contribution in [3.8, 4) is 28.3 Å². The normalized spacial score (nSPS) is 12.2. The lowest BCUT2D eigenvalue weighted by molar-refractivity contribution is 0.260. The molecule has 6 rings (SSSR count). The number of nitrogens with zero attached hydrogens (tertiary/aromatic N) is 4. The fraction of sp³-hybridized carbons (Fsp3) is 0.182. The van der Waals surface area contributed by atoms with Crippen LogP contribution in [-0.4, -0.2) is 48.3 Å². The predicted molar refractivity (Wildman–Crippen MR) is 160 cm³/mol. The number of anilines is 2. The Bertz CT molecular complexity index is 1730. The summed E-state index contributed by atoms with van der Waals surface area (Å²) in [4.78, 5) is 16.2. The minimum absolute atomic E-state index is 0.319. The van der Waals surface area contributed by atoms with Crippen LogP contribution in [0.3, 0.4) is 0 Å². The Morgan fingerprint density at radius 1 is 0.925 bits per heavy atom. The van der Waals surface area contributed by atoms with E-state index in [9.17, 15) is 0 Å². The number of benzene rings is 4. The topological polar surface area (TPSA) is 62.6 Å². The molecule has 0 saturated carbocycles. The standard InChI is InChI=1S/C33H30FN5O/c1-21-15-30-28(18-31(21)40-14-13-39(2)3)33(36-26-11-9-24-19-35-20-25(24)16-26)38-32(37-30)23-10-12-27(29(34)17-23)22-7-5-4-6-8-22/h4-12,15-18,20H,13-14,19H2,1-3H3,(H,36,37,38). The van der Waals surface area contributed by atoms with Crippen LogP contribution in [-0.2, 0) is 6.54 Å². The Hall–Kier alpha value is -4.62. The van der Waals surface area contributed by atoms with Crippen molar-refractivity contribution in [3.05, 3.63) is 101 Å². The van der Waals surface area contributed by atoms with Gasteiger partial charge in [-0.05, 0) is 73.6 Å². The van der Waals surface area contributed by atoms with Gasteiger partial charge in [-0.1, -0.05) is 48.5 Å². The average molecular weight is 532 g/mol. The molecule has 0 saturated heterocycles. The summed E-state index contributed by atoms with van der Waals surface area (Å²) in [6.45, 7) is 4.08. The molecule has 0 radical (unpaired) electrons. The van der Waals surface area contributed by atoms with Gasteiger partial charge < -0.3 is 15.0 Å². The van der Waals surface area contributed by atoms with Crippen LogP contribution in [0.2, 0.25) is 0 Å². The van der Waals surface area contributed by atoms with Gasteiger partial charge >= 0.3 is 0 Å². The first kappa shape index (κ1) is 25.6. The molecule has 2 heterocycles. The Kier molecular flexibility index (Phi) is 6.97. The summed E-state index contributed by atoms with van der Waals surface area (Å²) in [7, 11) is 4.04. The number of likely N-dealkylation sites (N-methyl/N-ethyl adjacent to an activating group) is 1. The van der Waals surface area contributed by atoms with Crippen molar-refractivity contribution in [1.29, 1.82) is 0 Å². The largest absolute Gasteiger partial charge is 0.492 e. The smallest absolute Gasteiger partial charge is 0.162 e. The second kappa shape index (κ2) is 10.9. The van der Waals surface area contributed by atoms with E-state index in [0.29, 0.717) is 35.9 Å². The van der Waals surface area contributed by atoms with Gasteiger partial charge in [0.05, 0.1) is 12.1 Å². The molecule has 0 amide bonds. The molecule has 0 atom stereocenters. The Morgan fingerprint density at radius 3 is 2.58 bits per heavy atom. The number of hydrogen-bond donors (Lipinski definition) is 1.